The zero-order valence-corrected chi connectivity index (χ0v) is 17.1. The Morgan fingerprint density at radius 1 is 1.03 bits per heavy atom. The summed E-state index contributed by atoms with van der Waals surface area (Å²) < 4.78 is 23.7. The number of nitrogens with zero attached hydrogens (tertiary/aromatic N) is 4. The minimum Gasteiger partial charge on any atom is -0.350 e. The maximum Gasteiger partial charge on any atom is 0.299 e. The second-order valence-corrected chi connectivity index (χ2v) is 7.80. The number of halogens is 2. The van der Waals surface area contributed by atoms with Gasteiger partial charge in [-0.15, -0.1) is 0 Å². The summed E-state index contributed by atoms with van der Waals surface area (Å²) in [6.07, 6.45) is 3.54. The number of hydrogen-bond acceptors (Lipinski definition) is 4. The van der Waals surface area contributed by atoms with E-state index in [1.807, 2.05) is 36.0 Å². The first-order valence-electron chi connectivity index (χ1n) is 8.80. The Morgan fingerprint density at radius 2 is 1.76 bits per heavy atom. The van der Waals surface area contributed by atoms with Crippen molar-refractivity contribution in [1.82, 2.24) is 19.3 Å². The number of hydrogen-bond donors (Lipinski definition) is 0. The summed E-state index contributed by atoms with van der Waals surface area (Å²) in [4.78, 5) is 17.3. The van der Waals surface area contributed by atoms with Gasteiger partial charge in [0.2, 0.25) is 5.82 Å². The summed E-state index contributed by atoms with van der Waals surface area (Å²) in [5.74, 6) is -0.668. The molecule has 0 N–H and O–H groups in total. The predicted molar refractivity (Wildman–Crippen MR) is 110 cm³/mol. The van der Waals surface area contributed by atoms with Gasteiger partial charge >= 0.3 is 0 Å². The van der Waals surface area contributed by atoms with Crippen LogP contribution in [0.3, 0.4) is 0 Å². The fraction of sp³-hybridized carbons (Fsp3) is 0.0952. The van der Waals surface area contributed by atoms with Crippen LogP contribution in [-0.4, -0.2) is 25.1 Å². The van der Waals surface area contributed by atoms with Crippen molar-refractivity contribution in [2.24, 2.45) is 14.1 Å². The van der Waals surface area contributed by atoms with Gasteiger partial charge in [0.1, 0.15) is 5.82 Å². The van der Waals surface area contributed by atoms with E-state index >= 15 is 0 Å². The molecule has 29 heavy (non-hydrogen) atoms. The van der Waals surface area contributed by atoms with Crippen LogP contribution >= 0.6 is 15.9 Å². The van der Waals surface area contributed by atoms with Crippen LogP contribution in [0.2, 0.25) is 0 Å². The molecule has 0 unspecified atom stereocenters. The second kappa shape index (κ2) is 6.38. The first kappa shape index (κ1) is 17.8. The van der Waals surface area contributed by atoms with Gasteiger partial charge in [-0.2, -0.15) is 4.98 Å². The molecule has 0 amide bonds. The summed E-state index contributed by atoms with van der Waals surface area (Å²) in [5.41, 5.74) is 2.83. The van der Waals surface area contributed by atoms with E-state index in [0.717, 1.165) is 26.5 Å². The van der Waals surface area contributed by atoms with E-state index in [9.17, 15) is 9.18 Å². The molecular weight excluding hydrogens is 439 g/mol. The van der Waals surface area contributed by atoms with Gasteiger partial charge in [0, 0.05) is 58.3 Å². The molecule has 0 saturated carbocycles. The molecule has 0 atom stereocenters. The van der Waals surface area contributed by atoms with Gasteiger partial charge in [-0.3, -0.25) is 4.79 Å². The maximum atomic E-state index is 13.7. The van der Waals surface area contributed by atoms with Gasteiger partial charge in [0.15, 0.2) is 0 Å². The molecular formula is C21H14BrFN4O2. The van der Waals surface area contributed by atoms with Crippen molar-refractivity contribution in [2.45, 2.75) is 0 Å². The number of carbonyl (C=O) groups is 1. The minimum atomic E-state index is -0.443. The van der Waals surface area contributed by atoms with Gasteiger partial charge in [-0.05, 0) is 36.4 Å². The van der Waals surface area contributed by atoms with Crippen LogP contribution in [0.25, 0.3) is 33.2 Å². The van der Waals surface area contributed by atoms with E-state index in [1.165, 1.54) is 12.1 Å². The number of carbonyl (C=O) groups excluding carboxylic acids is 1. The monoisotopic (exact) mass is 452 g/mol. The Labute approximate surface area is 172 Å². The summed E-state index contributed by atoms with van der Waals surface area (Å²) in [5, 5.41) is 5.46. The highest BCUT2D eigenvalue weighted by molar-refractivity contribution is 9.10. The van der Waals surface area contributed by atoms with Gasteiger partial charge in [0.05, 0.1) is 5.56 Å². The van der Waals surface area contributed by atoms with Gasteiger partial charge in [-0.1, -0.05) is 21.1 Å². The lowest BCUT2D eigenvalue weighted by molar-refractivity contribution is 0.0995. The molecule has 0 aliphatic rings. The molecule has 3 aromatic heterocycles. The van der Waals surface area contributed by atoms with Crippen molar-refractivity contribution in [2.75, 3.05) is 0 Å². The van der Waals surface area contributed by atoms with Crippen LogP contribution in [0, 0.1) is 5.82 Å². The van der Waals surface area contributed by atoms with Crippen molar-refractivity contribution in [3.8, 4) is 11.4 Å². The van der Waals surface area contributed by atoms with E-state index in [1.54, 1.807) is 23.9 Å². The smallest absolute Gasteiger partial charge is 0.299 e. The van der Waals surface area contributed by atoms with E-state index < -0.39 is 11.6 Å². The van der Waals surface area contributed by atoms with E-state index in [0.29, 0.717) is 16.8 Å². The number of fused-ring (bicyclic) bond motifs is 2. The summed E-state index contributed by atoms with van der Waals surface area (Å²) in [6.45, 7) is 0. The number of aromatic nitrogens is 4. The van der Waals surface area contributed by atoms with E-state index in [4.69, 9.17) is 4.52 Å². The molecule has 144 valence electrons. The normalized spacial score (nSPS) is 11.6. The molecule has 0 radical (unpaired) electrons. The van der Waals surface area contributed by atoms with Crippen molar-refractivity contribution < 1.29 is 13.7 Å². The number of ketones is 1. The standard InChI is InChI=1S/C21H14BrFN4O2/c1-26-9-15(14-8-12(23)4-6-18(14)26)19(28)21-24-20(25-29-21)16-10-27(2)17-5-3-11(22)7-13(16)17/h3-10H,1-2H3. The molecule has 8 heteroatoms. The number of rotatable bonds is 3. The van der Waals surface area contributed by atoms with Gasteiger partial charge in [-0.25, -0.2) is 4.39 Å². The van der Waals surface area contributed by atoms with Crippen LogP contribution in [0.1, 0.15) is 16.2 Å². The van der Waals surface area contributed by atoms with Crippen LogP contribution in [-0.2, 0) is 14.1 Å². The Kier molecular flexibility index (Phi) is 3.92. The lowest BCUT2D eigenvalue weighted by Gasteiger charge is -1.96. The molecule has 0 aliphatic heterocycles. The number of benzene rings is 2. The molecule has 2 aromatic carbocycles. The van der Waals surface area contributed by atoms with Gasteiger partial charge in [0.25, 0.3) is 11.7 Å². The summed E-state index contributed by atoms with van der Waals surface area (Å²) in [7, 11) is 3.72. The summed E-state index contributed by atoms with van der Waals surface area (Å²) in [6, 6.07) is 10.2. The third kappa shape index (κ3) is 2.79. The summed E-state index contributed by atoms with van der Waals surface area (Å²) >= 11 is 3.48. The fourth-order valence-corrected chi connectivity index (χ4v) is 3.99. The topological polar surface area (TPSA) is 65.8 Å². The Bertz CT molecular complexity index is 1430. The average Bonchev–Trinajstić information content (AvgIpc) is 3.38. The largest absolute Gasteiger partial charge is 0.350 e. The SMILES string of the molecule is Cn1cc(C(=O)c2nc(-c3cn(C)c4ccc(Br)cc34)no2)c2cc(F)ccc21. The molecule has 5 aromatic rings. The molecule has 0 bridgehead atoms. The number of aryl methyl sites for hydroxylation is 2. The highest BCUT2D eigenvalue weighted by Gasteiger charge is 2.23. The van der Waals surface area contributed by atoms with Gasteiger partial charge < -0.3 is 13.7 Å². The average molecular weight is 453 g/mol. The molecule has 0 saturated heterocycles. The lowest BCUT2D eigenvalue weighted by atomic mass is 10.1. The zero-order valence-electron chi connectivity index (χ0n) is 15.5. The molecule has 6 nitrogen and oxygen atoms in total. The Hall–Kier alpha value is -3.26. The molecule has 0 fully saturated rings. The van der Waals surface area contributed by atoms with E-state index in [-0.39, 0.29) is 5.89 Å². The molecule has 0 spiro atoms. The predicted octanol–water partition coefficient (Wildman–Crippen LogP) is 4.85. The van der Waals surface area contributed by atoms with Crippen LogP contribution in [0.15, 0.2) is 57.8 Å². The molecule has 0 aliphatic carbocycles. The van der Waals surface area contributed by atoms with Crippen LogP contribution in [0.5, 0.6) is 0 Å². The highest BCUT2D eigenvalue weighted by Crippen LogP contribution is 2.31. The quantitative estimate of drug-likeness (QED) is 0.367. The third-order valence-electron chi connectivity index (χ3n) is 5.01. The van der Waals surface area contributed by atoms with Crippen LogP contribution < -0.4 is 0 Å². The van der Waals surface area contributed by atoms with Crippen molar-refractivity contribution >= 4 is 43.5 Å². The maximum absolute atomic E-state index is 13.7. The van der Waals surface area contributed by atoms with E-state index in [2.05, 4.69) is 26.1 Å². The fourth-order valence-electron chi connectivity index (χ4n) is 3.63. The van der Waals surface area contributed by atoms with Crippen molar-refractivity contribution in [3.05, 3.63) is 70.5 Å². The zero-order chi connectivity index (χ0) is 20.3. The van der Waals surface area contributed by atoms with Crippen LogP contribution in [0.4, 0.5) is 4.39 Å². The first-order chi connectivity index (χ1) is 13.9. The first-order valence-corrected chi connectivity index (χ1v) is 9.59. The van der Waals surface area contributed by atoms with Crippen molar-refractivity contribution in [1.29, 1.82) is 0 Å². The second-order valence-electron chi connectivity index (χ2n) is 6.88. The lowest BCUT2D eigenvalue weighted by Crippen LogP contribution is -2.01. The highest BCUT2D eigenvalue weighted by atomic mass is 79.9. The minimum absolute atomic E-state index is 0.135. The third-order valence-corrected chi connectivity index (χ3v) is 5.50. The van der Waals surface area contributed by atoms with Crippen molar-refractivity contribution in [3.63, 3.8) is 0 Å². The Balaban J connectivity index is 1.60. The molecule has 3 heterocycles. The Morgan fingerprint density at radius 3 is 2.59 bits per heavy atom. The molecule has 5 rings (SSSR count).